The molecule has 0 radical (unpaired) electrons. The summed E-state index contributed by atoms with van der Waals surface area (Å²) in [7, 11) is -1.83. The molecule has 0 atom stereocenters. The fraction of sp³-hybridized carbons (Fsp3) is 0.250. The van der Waals surface area contributed by atoms with E-state index in [1.165, 1.54) is 18.2 Å². The lowest BCUT2D eigenvalue weighted by Crippen LogP contribution is -2.24. The van der Waals surface area contributed by atoms with Gasteiger partial charge in [0.2, 0.25) is 10.0 Å². The number of hydrogen-bond acceptors (Lipinski definition) is 4. The lowest BCUT2D eigenvalue weighted by Gasteiger charge is -2.17. The quantitative estimate of drug-likeness (QED) is 0.752. The highest BCUT2D eigenvalue weighted by atomic mass is 79.9. The summed E-state index contributed by atoms with van der Waals surface area (Å²) in [5.74, 6) is 0.300. The molecule has 0 spiro atoms. The van der Waals surface area contributed by atoms with Crippen LogP contribution in [0.1, 0.15) is 5.56 Å². The molecular weight excluding hydrogens is 399 g/mol. The van der Waals surface area contributed by atoms with Gasteiger partial charge in [-0.25, -0.2) is 17.9 Å². The van der Waals surface area contributed by atoms with Gasteiger partial charge in [-0.2, -0.15) is 0 Å². The fourth-order valence-electron chi connectivity index (χ4n) is 2.08. The summed E-state index contributed by atoms with van der Waals surface area (Å²) < 4.78 is 42.4. The van der Waals surface area contributed by atoms with E-state index < -0.39 is 10.0 Å². The number of ether oxygens (including phenoxy) is 1. The highest BCUT2D eigenvalue weighted by Gasteiger charge is 2.08. The number of halogens is 2. The Kier molecular flexibility index (Phi) is 6.34. The first-order valence-electron chi connectivity index (χ1n) is 7.14. The lowest BCUT2D eigenvalue weighted by molar-refractivity contribution is 0.231. The van der Waals surface area contributed by atoms with E-state index in [2.05, 4.69) is 15.9 Å². The molecule has 0 heterocycles. The molecule has 0 amide bonds. The summed E-state index contributed by atoms with van der Waals surface area (Å²) in [6.07, 6.45) is 0. The maximum absolute atomic E-state index is 13.7. The van der Waals surface area contributed by atoms with Crippen molar-refractivity contribution in [2.45, 2.75) is 11.4 Å². The Balaban J connectivity index is 1.84. The van der Waals surface area contributed by atoms with Crippen LogP contribution < -0.4 is 9.88 Å². The van der Waals surface area contributed by atoms with Crippen molar-refractivity contribution in [3.05, 3.63) is 58.3 Å². The van der Waals surface area contributed by atoms with Gasteiger partial charge in [-0.1, -0.05) is 15.9 Å². The Morgan fingerprint density at radius 1 is 1.21 bits per heavy atom. The molecule has 0 aliphatic heterocycles. The molecule has 24 heavy (non-hydrogen) atoms. The van der Waals surface area contributed by atoms with Crippen molar-refractivity contribution in [3.63, 3.8) is 0 Å². The average molecular weight is 417 g/mol. The average Bonchev–Trinajstić information content (AvgIpc) is 2.50. The third-order valence-electron chi connectivity index (χ3n) is 3.34. The number of nitrogens with zero attached hydrogens (tertiary/aromatic N) is 1. The first-order chi connectivity index (χ1) is 11.3. The Morgan fingerprint density at radius 2 is 1.88 bits per heavy atom. The lowest BCUT2D eigenvalue weighted by atomic mass is 10.2. The number of hydrogen-bond donors (Lipinski definition) is 1. The van der Waals surface area contributed by atoms with Gasteiger partial charge in [0.05, 0.1) is 4.90 Å². The molecule has 0 bridgehead atoms. The van der Waals surface area contributed by atoms with E-state index in [4.69, 9.17) is 9.88 Å². The second kappa shape index (κ2) is 8.06. The van der Waals surface area contributed by atoms with E-state index in [1.54, 1.807) is 24.3 Å². The molecule has 0 unspecified atom stereocenters. The van der Waals surface area contributed by atoms with Crippen LogP contribution >= 0.6 is 15.9 Å². The minimum atomic E-state index is -3.70. The predicted octanol–water partition coefficient (Wildman–Crippen LogP) is 2.75. The van der Waals surface area contributed by atoms with Crippen molar-refractivity contribution in [2.24, 2.45) is 5.14 Å². The van der Waals surface area contributed by atoms with Crippen LogP contribution in [0.5, 0.6) is 5.75 Å². The maximum Gasteiger partial charge on any atom is 0.238 e. The first-order valence-corrected chi connectivity index (χ1v) is 9.48. The third kappa shape index (κ3) is 5.55. The molecular formula is C16H18BrFN2O3S. The Morgan fingerprint density at radius 3 is 2.50 bits per heavy atom. The molecule has 130 valence electrons. The minimum Gasteiger partial charge on any atom is -0.492 e. The maximum atomic E-state index is 13.7. The number of sulfonamides is 1. The van der Waals surface area contributed by atoms with Gasteiger partial charge in [-0.15, -0.1) is 0 Å². The molecule has 8 heteroatoms. The molecule has 0 aliphatic rings. The van der Waals surface area contributed by atoms with E-state index in [0.717, 1.165) is 4.47 Å². The van der Waals surface area contributed by atoms with Crippen molar-refractivity contribution in [3.8, 4) is 5.75 Å². The van der Waals surface area contributed by atoms with Crippen LogP contribution in [-0.4, -0.2) is 33.5 Å². The molecule has 0 aliphatic carbocycles. The van der Waals surface area contributed by atoms with Crippen molar-refractivity contribution in [1.29, 1.82) is 0 Å². The largest absolute Gasteiger partial charge is 0.492 e. The van der Waals surface area contributed by atoms with Gasteiger partial charge >= 0.3 is 0 Å². The molecule has 2 rings (SSSR count). The molecule has 5 nitrogen and oxygen atoms in total. The fourth-order valence-corrected chi connectivity index (χ4v) is 3.00. The van der Waals surface area contributed by atoms with Gasteiger partial charge in [-0.05, 0) is 49.5 Å². The normalized spacial score (nSPS) is 11.7. The van der Waals surface area contributed by atoms with Crippen LogP contribution in [0.25, 0.3) is 0 Å². The molecule has 2 aromatic carbocycles. The summed E-state index contributed by atoms with van der Waals surface area (Å²) in [6, 6.07) is 10.7. The molecule has 0 fully saturated rings. The SMILES string of the molecule is CN(CCOc1ccc(S(N)(=O)=O)cc1)Cc1cc(Br)ccc1F. The summed E-state index contributed by atoms with van der Waals surface area (Å²) in [6.45, 7) is 1.43. The molecule has 0 aromatic heterocycles. The molecule has 0 saturated heterocycles. The summed E-state index contributed by atoms with van der Waals surface area (Å²) in [5.41, 5.74) is 0.601. The second-order valence-corrected chi connectivity index (χ2v) is 7.82. The topological polar surface area (TPSA) is 72.6 Å². The van der Waals surface area contributed by atoms with Gasteiger partial charge in [-0.3, -0.25) is 4.90 Å². The van der Waals surface area contributed by atoms with E-state index in [1.807, 2.05) is 11.9 Å². The zero-order valence-corrected chi connectivity index (χ0v) is 15.5. The van der Waals surface area contributed by atoms with E-state index in [-0.39, 0.29) is 10.7 Å². The van der Waals surface area contributed by atoms with Crippen LogP contribution in [0.2, 0.25) is 0 Å². The van der Waals surface area contributed by atoms with Crippen LogP contribution in [0.3, 0.4) is 0 Å². The van der Waals surface area contributed by atoms with Gasteiger partial charge in [0.25, 0.3) is 0 Å². The van der Waals surface area contributed by atoms with E-state index >= 15 is 0 Å². The zero-order chi connectivity index (χ0) is 17.7. The number of rotatable bonds is 7. The zero-order valence-electron chi connectivity index (χ0n) is 13.1. The molecule has 2 N–H and O–H groups in total. The van der Waals surface area contributed by atoms with E-state index in [0.29, 0.717) is 31.0 Å². The highest BCUT2D eigenvalue weighted by molar-refractivity contribution is 9.10. The number of benzene rings is 2. The Hall–Kier alpha value is -1.48. The van der Waals surface area contributed by atoms with Gasteiger partial charge in [0.15, 0.2) is 0 Å². The molecule has 0 saturated carbocycles. The van der Waals surface area contributed by atoms with E-state index in [9.17, 15) is 12.8 Å². The van der Waals surface area contributed by atoms with Crippen LogP contribution in [-0.2, 0) is 16.6 Å². The van der Waals surface area contributed by atoms with Crippen LogP contribution in [0, 0.1) is 5.82 Å². The number of primary sulfonamides is 1. The smallest absolute Gasteiger partial charge is 0.238 e. The minimum absolute atomic E-state index is 0.0390. The Bertz CT molecular complexity index is 797. The number of likely N-dealkylation sites (N-methyl/N-ethyl adjacent to an activating group) is 1. The van der Waals surface area contributed by atoms with Gasteiger partial charge in [0.1, 0.15) is 18.2 Å². The summed E-state index contributed by atoms with van der Waals surface area (Å²) in [4.78, 5) is 1.97. The Labute approximate surface area is 149 Å². The predicted molar refractivity (Wildman–Crippen MR) is 93.7 cm³/mol. The van der Waals surface area contributed by atoms with Gasteiger partial charge < -0.3 is 4.74 Å². The highest BCUT2D eigenvalue weighted by Crippen LogP contribution is 2.17. The van der Waals surface area contributed by atoms with Crippen molar-refractivity contribution >= 4 is 26.0 Å². The van der Waals surface area contributed by atoms with Crippen LogP contribution in [0.15, 0.2) is 51.8 Å². The monoisotopic (exact) mass is 416 g/mol. The second-order valence-electron chi connectivity index (χ2n) is 5.34. The van der Waals surface area contributed by atoms with Crippen molar-refractivity contribution in [1.82, 2.24) is 4.90 Å². The van der Waals surface area contributed by atoms with Crippen molar-refractivity contribution in [2.75, 3.05) is 20.2 Å². The summed E-state index contributed by atoms with van der Waals surface area (Å²) in [5, 5.41) is 5.03. The van der Waals surface area contributed by atoms with Crippen LogP contribution in [0.4, 0.5) is 4.39 Å². The third-order valence-corrected chi connectivity index (χ3v) is 4.76. The van der Waals surface area contributed by atoms with Gasteiger partial charge in [0, 0.05) is 23.1 Å². The standard InChI is InChI=1S/C16H18BrFN2O3S/c1-20(11-12-10-13(17)2-7-16(12)18)8-9-23-14-3-5-15(6-4-14)24(19,21)22/h2-7,10H,8-9,11H2,1H3,(H2,19,21,22). The summed E-state index contributed by atoms with van der Waals surface area (Å²) >= 11 is 3.33. The molecule has 2 aromatic rings. The first kappa shape index (κ1) is 18.9. The number of nitrogens with two attached hydrogens (primary N) is 1. The van der Waals surface area contributed by atoms with Crippen molar-refractivity contribution < 1.29 is 17.5 Å².